The number of piperidine rings is 1. The summed E-state index contributed by atoms with van der Waals surface area (Å²) in [6.07, 6.45) is 0.625. The molecule has 3 N–H and O–H groups in total. The molecular formula is C28H35N3O6. The standard InChI is InChI=1S/C28H35N3O6/c1-19(21-8-5-4-6-9-21)26(35)30-28(27(36)37-3)13-16-31(17-14-28)23-11-7-10-22(18-23)20(2)25(34)29-15-12-24(32)33/h4-11,18-20H,12-17H2,1-3H3,(H,29,34)(H,30,35)(H,32,33). The third-order valence-electron chi connectivity index (χ3n) is 7.02. The SMILES string of the molecule is COC(=O)C1(NC(=O)C(C)c2ccccc2)CCN(c2cccc(C(C)C(=O)NCCC(=O)O)c2)CC1. The molecule has 1 aliphatic heterocycles. The summed E-state index contributed by atoms with van der Waals surface area (Å²) in [5.41, 5.74) is 1.47. The average Bonchev–Trinajstić information content (AvgIpc) is 2.92. The Morgan fingerprint density at radius 3 is 2.19 bits per heavy atom. The van der Waals surface area contributed by atoms with E-state index in [-0.39, 0.29) is 24.8 Å². The van der Waals surface area contributed by atoms with Gasteiger partial charge in [0.25, 0.3) is 0 Å². The van der Waals surface area contributed by atoms with Crippen molar-refractivity contribution in [3.8, 4) is 0 Å². The van der Waals surface area contributed by atoms with Gasteiger partial charge in [0.2, 0.25) is 11.8 Å². The summed E-state index contributed by atoms with van der Waals surface area (Å²) in [6.45, 7) is 4.69. The monoisotopic (exact) mass is 509 g/mol. The highest BCUT2D eigenvalue weighted by molar-refractivity contribution is 5.91. The Labute approximate surface area is 217 Å². The van der Waals surface area contributed by atoms with Gasteiger partial charge in [-0.15, -0.1) is 0 Å². The predicted molar refractivity (Wildman–Crippen MR) is 139 cm³/mol. The second-order valence-corrected chi connectivity index (χ2v) is 9.43. The number of nitrogens with zero attached hydrogens (tertiary/aromatic N) is 1. The van der Waals surface area contributed by atoms with Crippen LogP contribution in [-0.2, 0) is 23.9 Å². The van der Waals surface area contributed by atoms with Crippen LogP contribution in [0.15, 0.2) is 54.6 Å². The first kappa shape index (κ1) is 27.7. The first-order chi connectivity index (χ1) is 17.7. The van der Waals surface area contributed by atoms with Crippen molar-refractivity contribution < 1.29 is 29.0 Å². The van der Waals surface area contributed by atoms with Crippen LogP contribution >= 0.6 is 0 Å². The number of methoxy groups -OCH3 is 1. The van der Waals surface area contributed by atoms with E-state index in [4.69, 9.17) is 9.84 Å². The lowest BCUT2D eigenvalue weighted by molar-refractivity contribution is -0.152. The van der Waals surface area contributed by atoms with Crippen LogP contribution in [-0.4, -0.2) is 61.1 Å². The number of hydrogen-bond acceptors (Lipinski definition) is 6. The van der Waals surface area contributed by atoms with Gasteiger partial charge in [-0.25, -0.2) is 4.79 Å². The van der Waals surface area contributed by atoms with Crippen molar-refractivity contribution in [3.63, 3.8) is 0 Å². The van der Waals surface area contributed by atoms with Crippen LogP contribution < -0.4 is 15.5 Å². The minimum absolute atomic E-state index is 0.0779. The van der Waals surface area contributed by atoms with Crippen LogP contribution in [0.4, 0.5) is 5.69 Å². The van der Waals surface area contributed by atoms with Crippen LogP contribution in [0.25, 0.3) is 0 Å². The van der Waals surface area contributed by atoms with Gasteiger partial charge in [0.15, 0.2) is 0 Å². The number of amides is 2. The van der Waals surface area contributed by atoms with Crippen molar-refractivity contribution in [2.75, 3.05) is 31.6 Å². The predicted octanol–water partition coefficient (Wildman–Crippen LogP) is 2.81. The molecule has 0 aliphatic carbocycles. The maximum Gasteiger partial charge on any atom is 0.331 e. The lowest BCUT2D eigenvalue weighted by Gasteiger charge is -2.41. The molecule has 1 aliphatic rings. The van der Waals surface area contributed by atoms with Crippen molar-refractivity contribution in [3.05, 3.63) is 65.7 Å². The van der Waals surface area contributed by atoms with Gasteiger partial charge >= 0.3 is 11.9 Å². The molecule has 2 unspecified atom stereocenters. The van der Waals surface area contributed by atoms with Crippen molar-refractivity contribution in [2.45, 2.75) is 50.5 Å². The van der Waals surface area contributed by atoms with E-state index in [1.807, 2.05) is 61.5 Å². The summed E-state index contributed by atoms with van der Waals surface area (Å²) in [5.74, 6) is -2.76. The van der Waals surface area contributed by atoms with Gasteiger partial charge in [0.1, 0.15) is 5.54 Å². The number of anilines is 1. The van der Waals surface area contributed by atoms with E-state index in [2.05, 4.69) is 15.5 Å². The van der Waals surface area contributed by atoms with Crippen LogP contribution in [0, 0.1) is 0 Å². The molecular weight excluding hydrogens is 474 g/mol. The normalized spacial score (nSPS) is 16.2. The Balaban J connectivity index is 1.68. The van der Waals surface area contributed by atoms with E-state index in [1.165, 1.54) is 7.11 Å². The third kappa shape index (κ3) is 6.87. The second-order valence-electron chi connectivity index (χ2n) is 9.43. The van der Waals surface area contributed by atoms with Gasteiger partial charge in [0.05, 0.1) is 25.4 Å². The Bertz CT molecular complexity index is 1110. The Hall–Kier alpha value is -3.88. The number of carboxylic acids is 1. The highest BCUT2D eigenvalue weighted by Crippen LogP contribution is 2.30. The Kier molecular flexibility index (Phi) is 9.27. The lowest BCUT2D eigenvalue weighted by atomic mass is 9.85. The number of ether oxygens (including phenoxy) is 1. The molecule has 2 aromatic rings. The van der Waals surface area contributed by atoms with Crippen LogP contribution in [0.3, 0.4) is 0 Å². The summed E-state index contributed by atoms with van der Waals surface area (Å²) in [4.78, 5) is 51.2. The minimum Gasteiger partial charge on any atom is -0.481 e. The number of nitrogens with one attached hydrogen (secondary N) is 2. The van der Waals surface area contributed by atoms with E-state index in [9.17, 15) is 19.2 Å². The highest BCUT2D eigenvalue weighted by atomic mass is 16.5. The number of aliphatic carboxylic acids is 1. The average molecular weight is 510 g/mol. The molecule has 0 spiro atoms. The summed E-state index contributed by atoms with van der Waals surface area (Å²) >= 11 is 0. The van der Waals surface area contributed by atoms with E-state index in [0.29, 0.717) is 25.9 Å². The van der Waals surface area contributed by atoms with E-state index < -0.39 is 29.3 Å². The van der Waals surface area contributed by atoms with Gasteiger partial charge < -0.3 is 25.4 Å². The Morgan fingerprint density at radius 2 is 1.57 bits per heavy atom. The fourth-order valence-corrected chi connectivity index (χ4v) is 4.55. The number of esters is 1. The smallest absolute Gasteiger partial charge is 0.331 e. The molecule has 2 atom stereocenters. The molecule has 0 aromatic heterocycles. The largest absolute Gasteiger partial charge is 0.481 e. The zero-order valence-corrected chi connectivity index (χ0v) is 21.5. The highest BCUT2D eigenvalue weighted by Gasteiger charge is 2.44. The van der Waals surface area contributed by atoms with Gasteiger partial charge in [-0.05, 0) is 49.9 Å². The second kappa shape index (κ2) is 12.4. The molecule has 1 heterocycles. The van der Waals surface area contributed by atoms with Crippen molar-refractivity contribution >= 4 is 29.4 Å². The maximum absolute atomic E-state index is 13.1. The summed E-state index contributed by atoms with van der Waals surface area (Å²) in [5, 5.41) is 14.4. The molecule has 198 valence electrons. The van der Waals surface area contributed by atoms with E-state index in [1.54, 1.807) is 6.92 Å². The van der Waals surface area contributed by atoms with Gasteiger partial charge in [-0.3, -0.25) is 14.4 Å². The number of benzene rings is 2. The summed E-state index contributed by atoms with van der Waals surface area (Å²) < 4.78 is 5.09. The minimum atomic E-state index is -1.11. The summed E-state index contributed by atoms with van der Waals surface area (Å²) in [6, 6.07) is 17.0. The quantitative estimate of drug-likeness (QED) is 0.421. The van der Waals surface area contributed by atoms with Gasteiger partial charge in [-0.1, -0.05) is 42.5 Å². The van der Waals surface area contributed by atoms with Crippen molar-refractivity contribution in [1.29, 1.82) is 0 Å². The number of carbonyl (C=O) groups excluding carboxylic acids is 3. The van der Waals surface area contributed by atoms with Crippen LogP contribution in [0.2, 0.25) is 0 Å². The maximum atomic E-state index is 13.1. The zero-order chi connectivity index (χ0) is 27.0. The van der Waals surface area contributed by atoms with Crippen molar-refractivity contribution in [1.82, 2.24) is 10.6 Å². The van der Waals surface area contributed by atoms with E-state index in [0.717, 1.165) is 16.8 Å². The molecule has 0 radical (unpaired) electrons. The molecule has 9 heteroatoms. The number of hydrogen-bond donors (Lipinski definition) is 3. The lowest BCUT2D eigenvalue weighted by Crippen LogP contribution is -2.61. The molecule has 2 aromatic carbocycles. The number of carbonyl (C=O) groups is 4. The van der Waals surface area contributed by atoms with Crippen molar-refractivity contribution in [2.24, 2.45) is 0 Å². The number of rotatable bonds is 10. The first-order valence-corrected chi connectivity index (χ1v) is 12.5. The number of carboxylic acid groups (broad SMARTS) is 1. The van der Waals surface area contributed by atoms with Crippen LogP contribution in [0.1, 0.15) is 56.1 Å². The zero-order valence-electron chi connectivity index (χ0n) is 21.5. The first-order valence-electron chi connectivity index (χ1n) is 12.5. The van der Waals surface area contributed by atoms with E-state index >= 15 is 0 Å². The molecule has 0 saturated carbocycles. The summed E-state index contributed by atoms with van der Waals surface area (Å²) in [7, 11) is 1.33. The molecule has 0 bridgehead atoms. The van der Waals surface area contributed by atoms with Gasteiger partial charge in [-0.2, -0.15) is 0 Å². The third-order valence-corrected chi connectivity index (χ3v) is 7.02. The van der Waals surface area contributed by atoms with Gasteiger partial charge in [0, 0.05) is 25.3 Å². The van der Waals surface area contributed by atoms with Crippen LogP contribution in [0.5, 0.6) is 0 Å². The molecule has 2 amide bonds. The topological polar surface area (TPSA) is 125 Å². The molecule has 1 saturated heterocycles. The fourth-order valence-electron chi connectivity index (χ4n) is 4.55. The molecule has 37 heavy (non-hydrogen) atoms. The Morgan fingerprint density at radius 1 is 0.946 bits per heavy atom. The molecule has 9 nitrogen and oxygen atoms in total. The fraction of sp³-hybridized carbons (Fsp3) is 0.429. The molecule has 1 fully saturated rings. The molecule has 3 rings (SSSR count).